The van der Waals surface area contributed by atoms with E-state index in [1.807, 2.05) is 12.1 Å². The van der Waals surface area contributed by atoms with E-state index in [2.05, 4.69) is 11.8 Å². The number of morpholine rings is 1. The molecule has 2 atom stereocenters. The van der Waals surface area contributed by atoms with Crippen LogP contribution in [0.25, 0.3) is 0 Å². The van der Waals surface area contributed by atoms with Crippen LogP contribution in [0.5, 0.6) is 0 Å². The van der Waals surface area contributed by atoms with Crippen molar-refractivity contribution in [3.05, 3.63) is 21.3 Å². The van der Waals surface area contributed by atoms with Crippen LogP contribution in [-0.2, 0) is 9.53 Å². The molecule has 6 heteroatoms. The molecule has 1 aromatic rings. The standard InChI is InChI=1S/C12H16ClNO3S/c1-8(10-2-3-11(13)18-10)14-4-5-17-7-9(14)6-12(15)16/h2-3,8-9H,4-7H2,1H3,(H,15,16). The second kappa shape index (κ2) is 6.02. The van der Waals surface area contributed by atoms with Crippen molar-refractivity contribution in [2.45, 2.75) is 25.4 Å². The van der Waals surface area contributed by atoms with Crippen molar-refractivity contribution in [3.8, 4) is 0 Å². The minimum atomic E-state index is -0.785. The number of halogens is 1. The largest absolute Gasteiger partial charge is 0.481 e. The number of nitrogens with zero attached hydrogens (tertiary/aromatic N) is 1. The van der Waals surface area contributed by atoms with E-state index in [4.69, 9.17) is 21.4 Å². The second-order valence-electron chi connectivity index (χ2n) is 4.38. The van der Waals surface area contributed by atoms with Gasteiger partial charge in [0.15, 0.2) is 0 Å². The number of carboxylic acids is 1. The summed E-state index contributed by atoms with van der Waals surface area (Å²) in [6.07, 6.45) is 0.115. The Morgan fingerprint density at radius 2 is 2.50 bits per heavy atom. The predicted octanol–water partition coefficient (Wildman–Crippen LogP) is 2.64. The molecule has 18 heavy (non-hydrogen) atoms. The van der Waals surface area contributed by atoms with Gasteiger partial charge in [-0.05, 0) is 19.1 Å². The van der Waals surface area contributed by atoms with Gasteiger partial charge in [0.05, 0.1) is 24.0 Å². The van der Waals surface area contributed by atoms with Gasteiger partial charge in [0.25, 0.3) is 0 Å². The molecule has 0 aliphatic carbocycles. The lowest BCUT2D eigenvalue weighted by Gasteiger charge is -2.38. The van der Waals surface area contributed by atoms with Crippen LogP contribution in [0.3, 0.4) is 0 Å². The van der Waals surface area contributed by atoms with Gasteiger partial charge in [0.2, 0.25) is 0 Å². The molecule has 0 spiro atoms. The van der Waals surface area contributed by atoms with Gasteiger partial charge in [-0.25, -0.2) is 0 Å². The molecule has 0 bridgehead atoms. The molecule has 1 aliphatic rings. The lowest BCUT2D eigenvalue weighted by Crippen LogP contribution is -2.47. The average Bonchev–Trinajstić information content (AvgIpc) is 2.75. The predicted molar refractivity (Wildman–Crippen MR) is 71.3 cm³/mol. The third kappa shape index (κ3) is 3.23. The number of carbonyl (C=O) groups is 1. The molecular weight excluding hydrogens is 274 g/mol. The topological polar surface area (TPSA) is 49.8 Å². The fourth-order valence-electron chi connectivity index (χ4n) is 2.27. The van der Waals surface area contributed by atoms with Crippen molar-refractivity contribution in [2.24, 2.45) is 0 Å². The van der Waals surface area contributed by atoms with Crippen molar-refractivity contribution in [3.63, 3.8) is 0 Å². The zero-order chi connectivity index (χ0) is 13.1. The molecule has 1 aromatic heterocycles. The number of hydrogen-bond donors (Lipinski definition) is 1. The highest BCUT2D eigenvalue weighted by Crippen LogP contribution is 2.32. The lowest BCUT2D eigenvalue weighted by molar-refractivity contribution is -0.140. The minimum absolute atomic E-state index is 0.0628. The maximum Gasteiger partial charge on any atom is 0.305 e. The zero-order valence-corrected chi connectivity index (χ0v) is 11.7. The third-order valence-electron chi connectivity index (χ3n) is 3.19. The van der Waals surface area contributed by atoms with Crippen LogP contribution in [0.15, 0.2) is 12.1 Å². The molecule has 2 rings (SSSR count). The molecule has 1 fully saturated rings. The van der Waals surface area contributed by atoms with Gasteiger partial charge in [-0.1, -0.05) is 11.6 Å². The quantitative estimate of drug-likeness (QED) is 0.926. The van der Waals surface area contributed by atoms with E-state index < -0.39 is 5.97 Å². The fourth-order valence-corrected chi connectivity index (χ4v) is 3.41. The summed E-state index contributed by atoms with van der Waals surface area (Å²) in [5, 5.41) is 8.94. The molecular formula is C12H16ClNO3S. The molecule has 2 unspecified atom stereocenters. The molecule has 0 amide bonds. The number of rotatable bonds is 4. The SMILES string of the molecule is CC(c1ccc(Cl)s1)N1CCOCC1CC(=O)O. The Morgan fingerprint density at radius 3 is 3.11 bits per heavy atom. The first-order valence-electron chi connectivity index (χ1n) is 5.88. The number of hydrogen-bond acceptors (Lipinski definition) is 4. The Kier molecular flexibility index (Phi) is 4.61. The molecule has 1 saturated heterocycles. The highest BCUT2D eigenvalue weighted by Gasteiger charge is 2.30. The van der Waals surface area contributed by atoms with Gasteiger partial charge in [-0.2, -0.15) is 0 Å². The van der Waals surface area contributed by atoms with Gasteiger partial charge in [-0.3, -0.25) is 9.69 Å². The van der Waals surface area contributed by atoms with Crippen LogP contribution >= 0.6 is 22.9 Å². The maximum absolute atomic E-state index is 10.9. The normalized spacial score (nSPS) is 22.9. The van der Waals surface area contributed by atoms with E-state index in [1.54, 1.807) is 11.3 Å². The first kappa shape index (κ1) is 13.8. The van der Waals surface area contributed by atoms with E-state index >= 15 is 0 Å². The number of aliphatic carboxylic acids is 1. The van der Waals surface area contributed by atoms with Crippen molar-refractivity contribution >= 4 is 28.9 Å². The molecule has 100 valence electrons. The zero-order valence-electron chi connectivity index (χ0n) is 10.1. The Hall–Kier alpha value is -0.620. The van der Waals surface area contributed by atoms with Crippen LogP contribution in [0, 0.1) is 0 Å². The molecule has 0 aromatic carbocycles. The van der Waals surface area contributed by atoms with Crippen LogP contribution in [0.4, 0.5) is 0 Å². The molecule has 0 saturated carbocycles. The Bertz CT molecular complexity index is 423. The fraction of sp³-hybridized carbons (Fsp3) is 0.583. The van der Waals surface area contributed by atoms with E-state index in [0.717, 1.165) is 15.8 Å². The Morgan fingerprint density at radius 1 is 1.72 bits per heavy atom. The van der Waals surface area contributed by atoms with Crippen LogP contribution < -0.4 is 0 Å². The maximum atomic E-state index is 10.9. The molecule has 4 nitrogen and oxygen atoms in total. The summed E-state index contributed by atoms with van der Waals surface area (Å²) in [7, 11) is 0. The van der Waals surface area contributed by atoms with Crippen molar-refractivity contribution in [1.82, 2.24) is 4.90 Å². The van der Waals surface area contributed by atoms with Crippen LogP contribution in [-0.4, -0.2) is 41.8 Å². The van der Waals surface area contributed by atoms with Crippen molar-refractivity contribution in [1.29, 1.82) is 0 Å². The average molecular weight is 290 g/mol. The minimum Gasteiger partial charge on any atom is -0.481 e. The smallest absolute Gasteiger partial charge is 0.305 e. The van der Waals surface area contributed by atoms with E-state index in [-0.39, 0.29) is 18.5 Å². The summed E-state index contributed by atoms with van der Waals surface area (Å²) >= 11 is 7.49. The highest BCUT2D eigenvalue weighted by molar-refractivity contribution is 7.16. The number of thiophene rings is 1. The van der Waals surface area contributed by atoms with Crippen molar-refractivity contribution in [2.75, 3.05) is 19.8 Å². The van der Waals surface area contributed by atoms with E-state index in [9.17, 15) is 4.79 Å². The number of carboxylic acid groups (broad SMARTS) is 1. The molecule has 1 aliphatic heterocycles. The van der Waals surface area contributed by atoms with Gasteiger partial charge < -0.3 is 9.84 Å². The lowest BCUT2D eigenvalue weighted by atomic mass is 10.1. The Balaban J connectivity index is 2.10. The van der Waals surface area contributed by atoms with Gasteiger partial charge in [0, 0.05) is 23.5 Å². The molecule has 0 radical (unpaired) electrons. The summed E-state index contributed by atoms with van der Waals surface area (Å²) in [5.74, 6) is -0.785. The monoisotopic (exact) mass is 289 g/mol. The number of ether oxygens (including phenoxy) is 1. The second-order valence-corrected chi connectivity index (χ2v) is 6.13. The summed E-state index contributed by atoms with van der Waals surface area (Å²) in [4.78, 5) is 14.2. The highest BCUT2D eigenvalue weighted by atomic mass is 35.5. The van der Waals surface area contributed by atoms with Gasteiger partial charge in [-0.15, -0.1) is 11.3 Å². The Labute approximate surface area is 115 Å². The van der Waals surface area contributed by atoms with E-state index in [0.29, 0.717) is 13.2 Å². The van der Waals surface area contributed by atoms with Crippen LogP contribution in [0.2, 0.25) is 4.34 Å². The molecule has 1 N–H and O–H groups in total. The van der Waals surface area contributed by atoms with Gasteiger partial charge >= 0.3 is 5.97 Å². The third-order valence-corrected chi connectivity index (χ3v) is 4.59. The molecule has 2 heterocycles. The van der Waals surface area contributed by atoms with Crippen LogP contribution in [0.1, 0.15) is 24.3 Å². The summed E-state index contributed by atoms with van der Waals surface area (Å²) in [6, 6.07) is 4.00. The van der Waals surface area contributed by atoms with Gasteiger partial charge in [0.1, 0.15) is 0 Å². The summed E-state index contributed by atoms with van der Waals surface area (Å²) in [5.41, 5.74) is 0. The first-order valence-corrected chi connectivity index (χ1v) is 7.08. The summed E-state index contributed by atoms with van der Waals surface area (Å²) < 4.78 is 6.14. The van der Waals surface area contributed by atoms with E-state index in [1.165, 1.54) is 0 Å². The first-order chi connectivity index (χ1) is 8.58. The summed E-state index contributed by atoms with van der Waals surface area (Å²) in [6.45, 7) is 3.98. The van der Waals surface area contributed by atoms with Crippen molar-refractivity contribution < 1.29 is 14.6 Å².